The van der Waals surface area contributed by atoms with E-state index in [9.17, 15) is 10.1 Å². The molecule has 33 heavy (non-hydrogen) atoms. The third kappa shape index (κ3) is 6.73. The molecule has 7 heteroatoms. The number of amides is 1. The number of carbonyl (C=O) groups excluding carboxylic acids is 1. The maximum Gasteiger partial charge on any atom is 0.266 e. The molecule has 3 aromatic carbocycles. The molecule has 3 aromatic rings. The zero-order valence-corrected chi connectivity index (χ0v) is 21.1. The molecule has 168 valence electrons. The van der Waals surface area contributed by atoms with Gasteiger partial charge in [0.05, 0.1) is 10.2 Å². The van der Waals surface area contributed by atoms with E-state index in [2.05, 4.69) is 27.9 Å². The lowest BCUT2D eigenvalue weighted by atomic mass is 10.1. The number of nitrogens with zero attached hydrogens (tertiary/aromatic N) is 1. The van der Waals surface area contributed by atoms with Crippen LogP contribution >= 0.6 is 34.2 Å². The molecule has 0 saturated carbocycles. The monoisotopic (exact) mass is 572 g/mol. The Hall–Kier alpha value is -3.02. The Labute approximate surface area is 212 Å². The second-order valence-electron chi connectivity index (χ2n) is 7.13. The highest BCUT2D eigenvalue weighted by molar-refractivity contribution is 14.1. The number of hydrogen-bond acceptors (Lipinski definition) is 4. The summed E-state index contributed by atoms with van der Waals surface area (Å²) < 4.78 is 12.6. The Balaban J connectivity index is 1.84. The molecule has 0 aliphatic rings. The standard InChI is InChI=1S/C26H22ClIN2O3/c1-3-32-24-13-19(12-23(28)25(24)33-16-18-7-5-4-6-8-18)11-20(15-29)26(31)30-21-10-9-17(2)22(27)14-21/h4-14H,3,16H2,1-2H3,(H,30,31)/b20-11-. The molecule has 0 atom stereocenters. The zero-order chi connectivity index (χ0) is 23.8. The van der Waals surface area contributed by atoms with Crippen LogP contribution in [0.2, 0.25) is 5.02 Å². The number of halogens is 2. The van der Waals surface area contributed by atoms with Crippen LogP contribution in [0.4, 0.5) is 5.69 Å². The summed E-state index contributed by atoms with van der Waals surface area (Å²) in [4.78, 5) is 12.7. The Morgan fingerprint density at radius 1 is 1.15 bits per heavy atom. The van der Waals surface area contributed by atoms with Crippen molar-refractivity contribution in [3.8, 4) is 17.6 Å². The van der Waals surface area contributed by atoms with Crippen molar-refractivity contribution in [2.45, 2.75) is 20.5 Å². The number of ether oxygens (including phenoxy) is 2. The van der Waals surface area contributed by atoms with Crippen molar-refractivity contribution in [1.82, 2.24) is 0 Å². The summed E-state index contributed by atoms with van der Waals surface area (Å²) in [5.41, 5.74) is 3.08. The summed E-state index contributed by atoms with van der Waals surface area (Å²) in [5, 5.41) is 12.8. The van der Waals surface area contributed by atoms with Gasteiger partial charge in [-0.15, -0.1) is 0 Å². The highest BCUT2D eigenvalue weighted by Gasteiger charge is 2.15. The summed E-state index contributed by atoms with van der Waals surface area (Å²) in [6.07, 6.45) is 1.52. The van der Waals surface area contributed by atoms with Gasteiger partial charge in [0.25, 0.3) is 5.91 Å². The van der Waals surface area contributed by atoms with Crippen LogP contribution in [0.15, 0.2) is 66.2 Å². The molecule has 0 aliphatic heterocycles. The second kappa shape index (κ2) is 11.7. The number of rotatable bonds is 8. The Morgan fingerprint density at radius 3 is 2.58 bits per heavy atom. The number of benzene rings is 3. The summed E-state index contributed by atoms with van der Waals surface area (Å²) in [6.45, 7) is 4.61. The minimum atomic E-state index is -0.519. The molecule has 0 aliphatic carbocycles. The summed E-state index contributed by atoms with van der Waals surface area (Å²) in [6, 6.07) is 20.6. The molecule has 0 saturated heterocycles. The topological polar surface area (TPSA) is 71.3 Å². The normalized spacial score (nSPS) is 10.9. The molecule has 0 bridgehead atoms. The highest BCUT2D eigenvalue weighted by atomic mass is 127. The molecule has 0 fully saturated rings. The van der Waals surface area contributed by atoms with Gasteiger partial charge in [-0.1, -0.05) is 48.0 Å². The van der Waals surface area contributed by atoms with Crippen molar-refractivity contribution in [1.29, 1.82) is 5.26 Å². The van der Waals surface area contributed by atoms with E-state index in [-0.39, 0.29) is 5.57 Å². The average Bonchev–Trinajstić information content (AvgIpc) is 2.80. The van der Waals surface area contributed by atoms with Gasteiger partial charge in [0.1, 0.15) is 18.2 Å². The third-order valence-corrected chi connectivity index (χ3v) is 5.87. The fourth-order valence-corrected chi connectivity index (χ4v) is 3.95. The molecule has 1 amide bonds. The van der Waals surface area contributed by atoms with Crippen LogP contribution < -0.4 is 14.8 Å². The van der Waals surface area contributed by atoms with Crippen LogP contribution in [0.3, 0.4) is 0 Å². The first-order valence-electron chi connectivity index (χ1n) is 10.2. The van der Waals surface area contributed by atoms with Crippen molar-refractivity contribution >= 4 is 51.9 Å². The van der Waals surface area contributed by atoms with E-state index in [0.29, 0.717) is 41.0 Å². The van der Waals surface area contributed by atoms with Crippen LogP contribution in [0, 0.1) is 21.8 Å². The van der Waals surface area contributed by atoms with Crippen molar-refractivity contribution in [3.63, 3.8) is 0 Å². The quantitative estimate of drug-likeness (QED) is 0.184. The van der Waals surface area contributed by atoms with E-state index in [0.717, 1.165) is 14.7 Å². The number of nitrogens with one attached hydrogen (secondary N) is 1. The molecule has 0 heterocycles. The van der Waals surface area contributed by atoms with Crippen LogP contribution in [-0.2, 0) is 11.4 Å². The predicted octanol–water partition coefficient (Wildman–Crippen LogP) is 6.78. The number of hydrogen-bond donors (Lipinski definition) is 1. The summed E-state index contributed by atoms with van der Waals surface area (Å²) >= 11 is 8.29. The van der Waals surface area contributed by atoms with E-state index in [1.165, 1.54) is 6.08 Å². The van der Waals surface area contributed by atoms with E-state index < -0.39 is 5.91 Å². The Kier molecular flexibility index (Phi) is 8.75. The van der Waals surface area contributed by atoms with Crippen molar-refractivity contribution in [3.05, 3.63) is 91.5 Å². The van der Waals surface area contributed by atoms with Gasteiger partial charge >= 0.3 is 0 Å². The van der Waals surface area contributed by atoms with E-state index in [4.69, 9.17) is 21.1 Å². The minimum absolute atomic E-state index is 0.0390. The molecule has 0 aromatic heterocycles. The van der Waals surface area contributed by atoms with Crippen molar-refractivity contribution in [2.24, 2.45) is 0 Å². The molecule has 0 spiro atoms. The largest absolute Gasteiger partial charge is 0.490 e. The third-order valence-electron chi connectivity index (χ3n) is 4.66. The predicted molar refractivity (Wildman–Crippen MR) is 140 cm³/mol. The van der Waals surface area contributed by atoms with Gasteiger partial charge in [-0.2, -0.15) is 5.26 Å². The average molecular weight is 573 g/mol. The number of aryl methyl sites for hydroxylation is 1. The maximum atomic E-state index is 12.7. The number of nitriles is 1. The minimum Gasteiger partial charge on any atom is -0.490 e. The van der Waals surface area contributed by atoms with Crippen molar-refractivity contribution < 1.29 is 14.3 Å². The van der Waals surface area contributed by atoms with E-state index >= 15 is 0 Å². The van der Waals surface area contributed by atoms with Gasteiger partial charge in [-0.3, -0.25) is 4.79 Å². The molecule has 5 nitrogen and oxygen atoms in total. The number of carbonyl (C=O) groups is 1. The first-order valence-corrected chi connectivity index (χ1v) is 11.7. The Bertz CT molecular complexity index is 1220. The van der Waals surface area contributed by atoms with Gasteiger partial charge in [-0.05, 0) is 83.5 Å². The summed E-state index contributed by atoms with van der Waals surface area (Å²) in [7, 11) is 0. The van der Waals surface area contributed by atoms with E-state index in [1.54, 1.807) is 24.3 Å². The van der Waals surface area contributed by atoms with Gasteiger partial charge in [0, 0.05) is 10.7 Å². The SMILES string of the molecule is CCOc1cc(/C=C(/C#N)C(=O)Nc2ccc(C)c(Cl)c2)cc(I)c1OCc1ccccc1. The van der Waals surface area contributed by atoms with Gasteiger partial charge < -0.3 is 14.8 Å². The lowest BCUT2D eigenvalue weighted by molar-refractivity contribution is -0.112. The lowest BCUT2D eigenvalue weighted by Gasteiger charge is -2.15. The first-order chi connectivity index (χ1) is 15.9. The molecular weight excluding hydrogens is 551 g/mol. The molecule has 0 unspecified atom stereocenters. The first kappa shape index (κ1) is 24.6. The van der Waals surface area contributed by atoms with Crippen LogP contribution in [-0.4, -0.2) is 12.5 Å². The molecule has 1 N–H and O–H groups in total. The second-order valence-corrected chi connectivity index (χ2v) is 8.69. The van der Waals surface area contributed by atoms with Crippen LogP contribution in [0.1, 0.15) is 23.6 Å². The van der Waals surface area contributed by atoms with Gasteiger partial charge in [0.2, 0.25) is 0 Å². The smallest absolute Gasteiger partial charge is 0.266 e. The zero-order valence-electron chi connectivity index (χ0n) is 18.2. The van der Waals surface area contributed by atoms with Crippen molar-refractivity contribution in [2.75, 3.05) is 11.9 Å². The van der Waals surface area contributed by atoms with Crippen LogP contribution in [0.25, 0.3) is 6.08 Å². The Morgan fingerprint density at radius 2 is 1.91 bits per heavy atom. The maximum absolute atomic E-state index is 12.7. The number of anilines is 1. The molecular formula is C26H22ClIN2O3. The highest BCUT2D eigenvalue weighted by Crippen LogP contribution is 2.35. The fraction of sp³-hybridized carbons (Fsp3) is 0.154. The van der Waals surface area contributed by atoms with E-state index in [1.807, 2.05) is 56.3 Å². The lowest BCUT2D eigenvalue weighted by Crippen LogP contribution is -2.13. The van der Waals surface area contributed by atoms with Gasteiger partial charge in [0.15, 0.2) is 11.5 Å². The van der Waals surface area contributed by atoms with Gasteiger partial charge in [-0.25, -0.2) is 0 Å². The van der Waals surface area contributed by atoms with Crippen LogP contribution in [0.5, 0.6) is 11.5 Å². The fourth-order valence-electron chi connectivity index (χ4n) is 2.99. The summed E-state index contributed by atoms with van der Waals surface area (Å²) in [5.74, 6) is 0.653. The molecule has 3 rings (SSSR count). The molecule has 0 radical (unpaired) electrons.